The Balaban J connectivity index is 0.000000758. The number of fused-ring (bicyclic) bond motifs is 1. The maximum absolute atomic E-state index is 10.4. The molecule has 0 bridgehead atoms. The molecule has 0 amide bonds. The average molecular weight is 382 g/mol. The first-order valence-electron chi connectivity index (χ1n) is 10.5. The molecule has 0 aromatic rings. The topological polar surface area (TPSA) is 52.5 Å². The summed E-state index contributed by atoms with van der Waals surface area (Å²) in [5.41, 5.74) is 1.60. The zero-order chi connectivity index (χ0) is 18.9. The van der Waals surface area contributed by atoms with E-state index in [9.17, 15) is 10.2 Å². The highest BCUT2D eigenvalue weighted by molar-refractivity contribution is 7.99. The number of aliphatic hydroxyl groups is 2. The number of allylic oxidation sites excluding steroid dienone is 1. The van der Waals surface area contributed by atoms with Crippen LogP contribution in [0.15, 0.2) is 23.8 Å². The summed E-state index contributed by atoms with van der Waals surface area (Å²) in [6.07, 6.45) is 14.2. The van der Waals surface area contributed by atoms with E-state index in [-0.39, 0.29) is 18.1 Å². The lowest BCUT2D eigenvalue weighted by molar-refractivity contribution is 0.135. The van der Waals surface area contributed by atoms with E-state index < -0.39 is 0 Å². The van der Waals surface area contributed by atoms with Gasteiger partial charge in [-0.05, 0) is 69.7 Å². The summed E-state index contributed by atoms with van der Waals surface area (Å²) in [5, 5.41) is 23.5. The molecule has 3 nitrogen and oxygen atoms in total. The van der Waals surface area contributed by atoms with Gasteiger partial charge in [0.05, 0.1) is 12.2 Å². The molecule has 26 heavy (non-hydrogen) atoms. The predicted molar refractivity (Wildman–Crippen MR) is 113 cm³/mol. The van der Waals surface area contributed by atoms with Crippen LogP contribution >= 0.6 is 11.8 Å². The van der Waals surface area contributed by atoms with Crippen LogP contribution in [0.25, 0.3) is 0 Å². The second kappa shape index (κ2) is 11.5. The molecule has 3 saturated carbocycles. The zero-order valence-electron chi connectivity index (χ0n) is 16.9. The lowest BCUT2D eigenvalue weighted by Gasteiger charge is -2.19. The van der Waals surface area contributed by atoms with E-state index in [0.29, 0.717) is 17.8 Å². The first-order chi connectivity index (χ1) is 12.6. The van der Waals surface area contributed by atoms with E-state index in [0.717, 1.165) is 31.4 Å². The maximum Gasteiger partial charge on any atom is 0.0749 e. The molecule has 3 aliphatic rings. The lowest BCUT2D eigenvalue weighted by Crippen LogP contribution is -2.19. The Morgan fingerprint density at radius 3 is 2.58 bits per heavy atom. The van der Waals surface area contributed by atoms with E-state index >= 15 is 0 Å². The van der Waals surface area contributed by atoms with Crippen LogP contribution in [0.3, 0.4) is 0 Å². The second-order valence-electron chi connectivity index (χ2n) is 8.15. The minimum absolute atomic E-state index is 0.205. The predicted octanol–water partition coefficient (Wildman–Crippen LogP) is 4.02. The number of rotatable bonds is 6. The van der Waals surface area contributed by atoms with Gasteiger partial charge in [-0.15, -0.1) is 0 Å². The monoisotopic (exact) mass is 381 g/mol. The average Bonchev–Trinajstić information content (AvgIpc) is 3.31. The second-order valence-corrected chi connectivity index (χ2v) is 9.47. The summed E-state index contributed by atoms with van der Waals surface area (Å²) in [5.74, 6) is 4.26. The summed E-state index contributed by atoms with van der Waals surface area (Å²) in [6.45, 7) is 2.21. The van der Waals surface area contributed by atoms with E-state index in [1.54, 1.807) is 5.57 Å². The molecule has 0 aliphatic heterocycles. The van der Waals surface area contributed by atoms with Crippen LogP contribution in [0, 0.1) is 23.7 Å². The molecule has 0 radical (unpaired) electrons. The van der Waals surface area contributed by atoms with Gasteiger partial charge in [0.15, 0.2) is 0 Å². The Hall–Kier alpha value is -0.290. The number of thioether (sulfide) groups is 1. The van der Waals surface area contributed by atoms with Gasteiger partial charge in [0, 0.05) is 11.7 Å². The maximum atomic E-state index is 10.4. The number of hydrogen-bond donors (Lipinski definition) is 3. The van der Waals surface area contributed by atoms with Gasteiger partial charge in [-0.3, -0.25) is 0 Å². The van der Waals surface area contributed by atoms with Crippen molar-refractivity contribution in [2.75, 3.05) is 25.6 Å². The molecule has 0 spiro atoms. The van der Waals surface area contributed by atoms with E-state index in [2.05, 4.69) is 24.4 Å². The van der Waals surface area contributed by atoms with Crippen LogP contribution in [-0.4, -0.2) is 48.0 Å². The van der Waals surface area contributed by atoms with Crippen LogP contribution in [0.1, 0.15) is 51.9 Å². The van der Waals surface area contributed by atoms with Crippen LogP contribution in [-0.2, 0) is 0 Å². The van der Waals surface area contributed by atoms with Gasteiger partial charge >= 0.3 is 0 Å². The molecule has 4 heteroatoms. The molecule has 3 fully saturated rings. The molecule has 3 rings (SSSR count). The fourth-order valence-corrected chi connectivity index (χ4v) is 5.52. The van der Waals surface area contributed by atoms with E-state index in [1.165, 1.54) is 25.0 Å². The minimum Gasteiger partial charge on any atom is -0.392 e. The molecule has 5 atom stereocenters. The van der Waals surface area contributed by atoms with E-state index in [1.807, 2.05) is 31.9 Å². The molecular formula is C22H39NO2S. The Morgan fingerprint density at radius 1 is 1.23 bits per heavy atom. The zero-order valence-corrected chi connectivity index (χ0v) is 17.7. The van der Waals surface area contributed by atoms with Crippen molar-refractivity contribution in [3.8, 4) is 0 Å². The summed E-state index contributed by atoms with van der Waals surface area (Å²) >= 11 is 1.98. The van der Waals surface area contributed by atoms with Crippen molar-refractivity contribution in [2.45, 2.75) is 64.1 Å². The normalized spacial score (nSPS) is 34.3. The highest BCUT2D eigenvalue weighted by Gasteiger charge is 2.45. The number of hydrogen-bond acceptors (Lipinski definition) is 4. The van der Waals surface area contributed by atoms with Crippen molar-refractivity contribution in [3.05, 3.63) is 23.8 Å². The molecule has 3 aliphatic carbocycles. The molecule has 0 aromatic heterocycles. The van der Waals surface area contributed by atoms with E-state index in [4.69, 9.17) is 0 Å². The largest absolute Gasteiger partial charge is 0.392 e. The van der Waals surface area contributed by atoms with Crippen molar-refractivity contribution in [1.29, 1.82) is 0 Å². The Kier molecular flexibility index (Phi) is 9.76. The summed E-state index contributed by atoms with van der Waals surface area (Å²) in [7, 11) is 3.75. The Labute approximate surface area is 164 Å². The van der Waals surface area contributed by atoms with Gasteiger partial charge in [-0.25, -0.2) is 0 Å². The van der Waals surface area contributed by atoms with Gasteiger partial charge in [0.1, 0.15) is 0 Å². The smallest absolute Gasteiger partial charge is 0.0749 e. The molecule has 0 saturated heterocycles. The van der Waals surface area contributed by atoms with Crippen LogP contribution in [0.5, 0.6) is 0 Å². The molecule has 0 aromatic carbocycles. The fraction of sp³-hybridized carbons (Fsp3) is 0.818. The van der Waals surface area contributed by atoms with Gasteiger partial charge < -0.3 is 15.5 Å². The third kappa shape index (κ3) is 6.12. The molecular weight excluding hydrogens is 342 g/mol. The van der Waals surface area contributed by atoms with Crippen molar-refractivity contribution < 1.29 is 10.2 Å². The number of aliphatic hydroxyl groups excluding tert-OH is 2. The molecule has 0 heterocycles. The summed E-state index contributed by atoms with van der Waals surface area (Å²) in [6, 6.07) is 0. The van der Waals surface area contributed by atoms with Gasteiger partial charge in [0.25, 0.3) is 0 Å². The Morgan fingerprint density at radius 2 is 1.92 bits per heavy atom. The highest BCUT2D eigenvalue weighted by atomic mass is 32.2. The van der Waals surface area contributed by atoms with Crippen molar-refractivity contribution in [3.63, 3.8) is 0 Å². The summed E-state index contributed by atoms with van der Waals surface area (Å²) in [4.78, 5) is 0. The third-order valence-electron chi connectivity index (χ3n) is 6.22. The number of nitrogens with one attached hydrogen (secondary N) is 1. The van der Waals surface area contributed by atoms with Crippen LogP contribution in [0.4, 0.5) is 0 Å². The third-order valence-corrected chi connectivity index (χ3v) is 7.03. The van der Waals surface area contributed by atoms with Gasteiger partial charge in [0.2, 0.25) is 0 Å². The standard InChI is InChI=1S/C20H32O2S.C2H7N/c1-2-23-10-9-14-11-16-13-20(22)17(18(16)12-14)7-8-19(21)15-5-3-4-6-15;1-3-2/h7-9,15-22H,2-6,10-13H2,1H3;3H,1-2H3/t16-,17+,18-,19+,20+;/m0./s1. The summed E-state index contributed by atoms with van der Waals surface area (Å²) < 4.78 is 0. The quantitative estimate of drug-likeness (QED) is 0.480. The first-order valence-corrected chi connectivity index (χ1v) is 11.6. The molecule has 150 valence electrons. The molecule has 0 unspecified atom stereocenters. The van der Waals surface area contributed by atoms with Gasteiger partial charge in [-0.1, -0.05) is 43.6 Å². The van der Waals surface area contributed by atoms with Crippen LogP contribution < -0.4 is 5.32 Å². The van der Waals surface area contributed by atoms with Crippen molar-refractivity contribution in [1.82, 2.24) is 5.32 Å². The Bertz CT molecular complexity index is 459. The molecule has 3 N–H and O–H groups in total. The van der Waals surface area contributed by atoms with Crippen molar-refractivity contribution >= 4 is 11.8 Å². The lowest BCUT2D eigenvalue weighted by atomic mass is 9.89. The van der Waals surface area contributed by atoms with Crippen molar-refractivity contribution in [2.24, 2.45) is 23.7 Å². The first kappa shape index (κ1) is 22.0. The minimum atomic E-state index is -0.305. The van der Waals surface area contributed by atoms with Crippen LogP contribution in [0.2, 0.25) is 0 Å². The SMILES string of the molecule is CCSCC=C1C[C@H]2C[C@@H](O)[C@H](C=C[C@@H](O)C3CCCC3)[C@H]2C1.CNC. The fourth-order valence-electron chi connectivity index (χ4n) is 4.93. The van der Waals surface area contributed by atoms with Gasteiger partial charge in [-0.2, -0.15) is 11.8 Å². The highest BCUT2D eigenvalue weighted by Crippen LogP contribution is 2.50.